The fourth-order valence-electron chi connectivity index (χ4n) is 1.46. The van der Waals surface area contributed by atoms with Gasteiger partial charge in [-0.25, -0.2) is 4.79 Å². The Balaban J connectivity index is 2.96. The summed E-state index contributed by atoms with van der Waals surface area (Å²) in [6.45, 7) is 7.81. The molecule has 3 nitrogen and oxygen atoms in total. The Bertz CT molecular complexity index is 408. The molecule has 0 aromatic heterocycles. The van der Waals surface area contributed by atoms with Gasteiger partial charge in [0.25, 0.3) is 0 Å². The van der Waals surface area contributed by atoms with Gasteiger partial charge >= 0.3 is 5.97 Å². The summed E-state index contributed by atoms with van der Waals surface area (Å²) in [5.74, 6) is -0.462. The molecule has 0 saturated carbocycles. The van der Waals surface area contributed by atoms with Crippen LogP contribution in [0.4, 0.5) is 0 Å². The Morgan fingerprint density at radius 3 is 2.88 bits per heavy atom. The van der Waals surface area contributed by atoms with E-state index in [4.69, 9.17) is 16.3 Å². The van der Waals surface area contributed by atoms with Gasteiger partial charge in [0.1, 0.15) is 10.9 Å². The molecular weight excluding hydrogens is 238 g/mol. The molecule has 0 N–H and O–H groups in total. The first-order valence-corrected chi connectivity index (χ1v) is 5.89. The van der Waals surface area contributed by atoms with Crippen LogP contribution in [0.25, 0.3) is 0 Å². The molecule has 0 radical (unpaired) electrons. The van der Waals surface area contributed by atoms with Crippen molar-refractivity contribution >= 4 is 17.6 Å². The zero-order valence-electron chi connectivity index (χ0n) is 10.1. The van der Waals surface area contributed by atoms with Crippen LogP contribution in [-0.2, 0) is 9.53 Å². The van der Waals surface area contributed by atoms with Crippen LogP contribution in [0.3, 0.4) is 0 Å². The van der Waals surface area contributed by atoms with Crippen LogP contribution >= 0.6 is 11.6 Å². The highest BCUT2D eigenvalue weighted by molar-refractivity contribution is 6.30. The third kappa shape index (κ3) is 3.24. The first-order chi connectivity index (χ1) is 8.11. The first-order valence-electron chi connectivity index (χ1n) is 5.52. The summed E-state index contributed by atoms with van der Waals surface area (Å²) in [5, 5.41) is 0.435. The van der Waals surface area contributed by atoms with E-state index in [1.165, 1.54) is 0 Å². The molecule has 0 saturated heterocycles. The average molecular weight is 254 g/mol. The summed E-state index contributed by atoms with van der Waals surface area (Å²) in [6.07, 6.45) is 8.23. The lowest BCUT2D eigenvalue weighted by atomic mass is 10.2. The Morgan fingerprint density at radius 2 is 2.29 bits per heavy atom. The van der Waals surface area contributed by atoms with Crippen LogP contribution in [0.15, 0.2) is 47.4 Å². The number of hydrogen-bond acceptors (Lipinski definition) is 3. The van der Waals surface area contributed by atoms with E-state index in [1.54, 1.807) is 17.9 Å². The standard InChI is InChI=1S/C13H16ClNO2/c1-4-7-11-8-6-9-12(14)15(11)10(3)13(16)17-5-2/h6-9H,3-5H2,1-2H3/b11-7+. The van der Waals surface area contributed by atoms with E-state index in [9.17, 15) is 4.79 Å². The molecule has 0 aromatic rings. The summed E-state index contributed by atoms with van der Waals surface area (Å²) in [7, 11) is 0. The second-order valence-corrected chi connectivity index (χ2v) is 3.78. The Hall–Kier alpha value is -1.48. The number of hydrogen-bond donors (Lipinski definition) is 0. The third-order valence-electron chi connectivity index (χ3n) is 2.17. The van der Waals surface area contributed by atoms with E-state index in [0.29, 0.717) is 11.8 Å². The van der Waals surface area contributed by atoms with Gasteiger partial charge in [-0.1, -0.05) is 37.3 Å². The van der Waals surface area contributed by atoms with Crippen molar-refractivity contribution in [3.8, 4) is 0 Å². The molecule has 0 atom stereocenters. The molecule has 0 unspecified atom stereocenters. The van der Waals surface area contributed by atoms with Crippen LogP contribution in [-0.4, -0.2) is 17.5 Å². The van der Waals surface area contributed by atoms with Crippen molar-refractivity contribution in [2.75, 3.05) is 6.61 Å². The smallest absolute Gasteiger partial charge is 0.354 e. The highest BCUT2D eigenvalue weighted by Crippen LogP contribution is 2.27. The van der Waals surface area contributed by atoms with Crippen LogP contribution in [0.1, 0.15) is 20.3 Å². The number of nitrogens with zero attached hydrogens (tertiary/aromatic N) is 1. The van der Waals surface area contributed by atoms with Crippen molar-refractivity contribution < 1.29 is 9.53 Å². The minimum Gasteiger partial charge on any atom is -0.461 e. The van der Waals surface area contributed by atoms with Gasteiger partial charge in [-0.05, 0) is 25.5 Å². The molecule has 0 fully saturated rings. The van der Waals surface area contributed by atoms with Crippen molar-refractivity contribution in [2.45, 2.75) is 20.3 Å². The molecule has 0 bridgehead atoms. The van der Waals surface area contributed by atoms with Crippen LogP contribution in [0, 0.1) is 0 Å². The molecule has 17 heavy (non-hydrogen) atoms. The fraction of sp³-hybridized carbons (Fsp3) is 0.308. The number of carbonyl (C=O) groups is 1. The summed E-state index contributed by atoms with van der Waals surface area (Å²) in [6, 6.07) is 0. The number of rotatable bonds is 4. The van der Waals surface area contributed by atoms with Gasteiger partial charge in [-0.3, -0.25) is 4.90 Å². The zero-order chi connectivity index (χ0) is 12.8. The van der Waals surface area contributed by atoms with Gasteiger partial charge in [0.05, 0.1) is 6.61 Å². The maximum Gasteiger partial charge on any atom is 0.354 e. The van der Waals surface area contributed by atoms with E-state index in [2.05, 4.69) is 6.58 Å². The topological polar surface area (TPSA) is 29.5 Å². The molecule has 92 valence electrons. The van der Waals surface area contributed by atoms with E-state index in [0.717, 1.165) is 12.1 Å². The predicted octanol–water partition coefficient (Wildman–Crippen LogP) is 3.31. The maximum atomic E-state index is 11.6. The van der Waals surface area contributed by atoms with Gasteiger partial charge < -0.3 is 4.74 Å². The summed E-state index contributed by atoms with van der Waals surface area (Å²) in [5.41, 5.74) is 1.05. The molecule has 0 aromatic carbocycles. The molecule has 1 rings (SSSR count). The largest absolute Gasteiger partial charge is 0.461 e. The van der Waals surface area contributed by atoms with Crippen molar-refractivity contribution in [1.82, 2.24) is 4.90 Å². The monoisotopic (exact) mass is 253 g/mol. The quantitative estimate of drug-likeness (QED) is 0.437. The fourth-order valence-corrected chi connectivity index (χ4v) is 1.73. The molecule has 1 aliphatic rings. The Labute approximate surface area is 107 Å². The number of carbonyl (C=O) groups excluding carboxylic acids is 1. The number of allylic oxidation sites excluding steroid dienone is 4. The normalized spacial score (nSPS) is 17.0. The maximum absolute atomic E-state index is 11.6. The van der Waals surface area contributed by atoms with Crippen molar-refractivity contribution in [2.24, 2.45) is 0 Å². The second kappa shape index (κ2) is 6.30. The molecule has 0 spiro atoms. The summed E-state index contributed by atoms with van der Waals surface area (Å²) >= 11 is 6.08. The van der Waals surface area contributed by atoms with E-state index in [-0.39, 0.29) is 5.70 Å². The predicted molar refractivity (Wildman–Crippen MR) is 69.1 cm³/mol. The van der Waals surface area contributed by atoms with Gasteiger partial charge in [-0.15, -0.1) is 0 Å². The van der Waals surface area contributed by atoms with Crippen LogP contribution < -0.4 is 0 Å². The van der Waals surface area contributed by atoms with E-state index >= 15 is 0 Å². The van der Waals surface area contributed by atoms with E-state index < -0.39 is 5.97 Å². The van der Waals surface area contributed by atoms with E-state index in [1.807, 2.05) is 25.2 Å². The minimum absolute atomic E-state index is 0.220. The number of halogens is 1. The molecule has 4 heteroatoms. The van der Waals surface area contributed by atoms with Crippen LogP contribution in [0.2, 0.25) is 0 Å². The molecule has 1 aliphatic heterocycles. The van der Waals surface area contributed by atoms with Gasteiger partial charge in [0.2, 0.25) is 0 Å². The van der Waals surface area contributed by atoms with Gasteiger partial charge in [0, 0.05) is 5.70 Å². The van der Waals surface area contributed by atoms with Crippen LogP contribution in [0.5, 0.6) is 0 Å². The Morgan fingerprint density at radius 1 is 1.59 bits per heavy atom. The minimum atomic E-state index is -0.462. The highest BCUT2D eigenvalue weighted by Gasteiger charge is 2.22. The molecule has 0 amide bonds. The number of ether oxygens (including phenoxy) is 1. The van der Waals surface area contributed by atoms with Gasteiger partial charge in [0.15, 0.2) is 0 Å². The first kappa shape index (κ1) is 13.6. The third-order valence-corrected chi connectivity index (χ3v) is 2.46. The number of esters is 1. The van der Waals surface area contributed by atoms with Crippen molar-refractivity contribution in [1.29, 1.82) is 0 Å². The lowest BCUT2D eigenvalue weighted by Gasteiger charge is -2.27. The highest BCUT2D eigenvalue weighted by atomic mass is 35.5. The average Bonchev–Trinajstić information content (AvgIpc) is 2.29. The SMILES string of the molecule is C=C(C(=O)OCC)N1C(Cl)=CC=C/C1=C\CC. The molecule has 1 heterocycles. The Kier molecular flexibility index (Phi) is 5.04. The van der Waals surface area contributed by atoms with Crippen molar-refractivity contribution in [3.63, 3.8) is 0 Å². The lowest BCUT2D eigenvalue weighted by molar-refractivity contribution is -0.139. The lowest BCUT2D eigenvalue weighted by Crippen LogP contribution is -2.26. The molecular formula is C13H16ClNO2. The van der Waals surface area contributed by atoms with Crippen molar-refractivity contribution in [3.05, 3.63) is 47.4 Å². The summed E-state index contributed by atoms with van der Waals surface area (Å²) in [4.78, 5) is 13.2. The molecule has 0 aliphatic carbocycles. The zero-order valence-corrected chi connectivity index (χ0v) is 10.8. The van der Waals surface area contributed by atoms with Gasteiger partial charge in [-0.2, -0.15) is 0 Å². The second-order valence-electron chi connectivity index (χ2n) is 3.39. The summed E-state index contributed by atoms with van der Waals surface area (Å²) < 4.78 is 4.91.